The van der Waals surface area contributed by atoms with Crippen molar-refractivity contribution in [3.8, 4) is 0 Å². The van der Waals surface area contributed by atoms with Crippen LogP contribution in [-0.2, 0) is 6.42 Å². The summed E-state index contributed by atoms with van der Waals surface area (Å²) < 4.78 is 0. The number of fused-ring (bicyclic) bond motifs is 1. The lowest BCUT2D eigenvalue weighted by Crippen LogP contribution is -2.30. The Labute approximate surface area is 115 Å². The molecule has 1 fully saturated rings. The maximum absolute atomic E-state index is 12.2. The molecule has 0 atom stereocenters. The zero-order valence-electron chi connectivity index (χ0n) is 11.8. The van der Waals surface area contributed by atoms with Crippen LogP contribution in [0.25, 0.3) is 0 Å². The molecule has 100 valence electrons. The zero-order chi connectivity index (χ0) is 13.4. The van der Waals surface area contributed by atoms with Gasteiger partial charge in [-0.15, -0.1) is 0 Å². The first kappa shape index (κ1) is 12.6. The maximum atomic E-state index is 12.2. The van der Waals surface area contributed by atoms with Gasteiger partial charge in [0.2, 0.25) is 0 Å². The predicted octanol–water partition coefficient (Wildman–Crippen LogP) is 3.18. The molecule has 1 saturated heterocycles. The monoisotopic (exact) mass is 255 g/mol. The molecule has 0 radical (unpaired) electrons. The quantitative estimate of drug-likeness (QED) is 0.768. The molecular weight excluding hydrogens is 234 g/mol. The van der Waals surface area contributed by atoms with Crippen LogP contribution in [0, 0.1) is 0 Å². The molecule has 0 spiro atoms. The highest BCUT2D eigenvalue weighted by molar-refractivity contribution is 6.10. The Morgan fingerprint density at radius 3 is 2.68 bits per heavy atom. The minimum Gasteiger partial charge on any atom is -0.306 e. The van der Waals surface area contributed by atoms with Crippen molar-refractivity contribution in [2.75, 3.05) is 20.1 Å². The van der Waals surface area contributed by atoms with Crippen LogP contribution >= 0.6 is 0 Å². The molecule has 0 N–H and O–H groups in total. The van der Waals surface area contributed by atoms with E-state index in [1.54, 1.807) is 0 Å². The number of ketones is 1. The van der Waals surface area contributed by atoms with Gasteiger partial charge in [-0.1, -0.05) is 24.3 Å². The summed E-state index contributed by atoms with van der Waals surface area (Å²) >= 11 is 0. The Morgan fingerprint density at radius 2 is 1.95 bits per heavy atom. The SMILES string of the molecule is CC1=CCc2c(cccc2C2CCN(C)CC2)C1=O. The van der Waals surface area contributed by atoms with Crippen LogP contribution in [0.1, 0.15) is 47.2 Å². The number of carbonyl (C=O) groups is 1. The van der Waals surface area contributed by atoms with Crippen molar-refractivity contribution < 1.29 is 4.79 Å². The normalized spacial score (nSPS) is 21.2. The number of carbonyl (C=O) groups excluding carboxylic acids is 1. The van der Waals surface area contributed by atoms with E-state index >= 15 is 0 Å². The fourth-order valence-corrected chi connectivity index (χ4v) is 3.31. The predicted molar refractivity (Wildman–Crippen MR) is 77.7 cm³/mol. The second-order valence-electron chi connectivity index (χ2n) is 5.87. The Hall–Kier alpha value is -1.41. The standard InChI is InChI=1S/C17H21NO/c1-12-6-7-15-14(4-3-5-16(15)17(12)19)13-8-10-18(2)11-9-13/h3-6,13H,7-11H2,1-2H3. The molecule has 0 saturated carbocycles. The number of rotatable bonds is 1. The smallest absolute Gasteiger partial charge is 0.188 e. The molecular formula is C17H21NO. The average molecular weight is 255 g/mol. The highest BCUT2D eigenvalue weighted by Gasteiger charge is 2.25. The minimum absolute atomic E-state index is 0.219. The van der Waals surface area contributed by atoms with E-state index < -0.39 is 0 Å². The summed E-state index contributed by atoms with van der Waals surface area (Å²) in [7, 11) is 2.19. The number of hydrogen-bond donors (Lipinski definition) is 0. The first-order valence-electron chi connectivity index (χ1n) is 7.18. The lowest BCUT2D eigenvalue weighted by molar-refractivity contribution is 0.103. The summed E-state index contributed by atoms with van der Waals surface area (Å²) in [6.07, 6.45) is 5.44. The molecule has 0 aromatic heterocycles. The average Bonchev–Trinajstić information content (AvgIpc) is 2.43. The van der Waals surface area contributed by atoms with Crippen LogP contribution < -0.4 is 0 Å². The van der Waals surface area contributed by atoms with Crippen LogP contribution in [0.4, 0.5) is 0 Å². The molecule has 1 aliphatic heterocycles. The van der Waals surface area contributed by atoms with E-state index in [9.17, 15) is 4.79 Å². The van der Waals surface area contributed by atoms with E-state index in [4.69, 9.17) is 0 Å². The van der Waals surface area contributed by atoms with E-state index in [1.807, 2.05) is 13.0 Å². The van der Waals surface area contributed by atoms with Crippen LogP contribution in [0.2, 0.25) is 0 Å². The second kappa shape index (κ2) is 4.93. The van der Waals surface area contributed by atoms with Gasteiger partial charge in [0.25, 0.3) is 0 Å². The molecule has 0 unspecified atom stereocenters. The molecule has 0 bridgehead atoms. The molecule has 2 nitrogen and oxygen atoms in total. The molecule has 19 heavy (non-hydrogen) atoms. The van der Waals surface area contributed by atoms with Crippen molar-refractivity contribution in [1.82, 2.24) is 4.90 Å². The Balaban J connectivity index is 1.95. The maximum Gasteiger partial charge on any atom is 0.188 e. The van der Waals surface area contributed by atoms with Gasteiger partial charge in [0.05, 0.1) is 0 Å². The number of allylic oxidation sites excluding steroid dienone is 2. The van der Waals surface area contributed by atoms with Crippen molar-refractivity contribution in [3.63, 3.8) is 0 Å². The lowest BCUT2D eigenvalue weighted by atomic mass is 9.80. The Bertz CT molecular complexity index is 536. The highest BCUT2D eigenvalue weighted by atomic mass is 16.1. The third-order valence-corrected chi connectivity index (χ3v) is 4.59. The number of likely N-dealkylation sites (tertiary alicyclic amines) is 1. The van der Waals surface area contributed by atoms with Gasteiger partial charge in [-0.25, -0.2) is 0 Å². The summed E-state index contributed by atoms with van der Waals surface area (Å²) in [5.74, 6) is 0.849. The van der Waals surface area contributed by atoms with E-state index in [1.165, 1.54) is 24.0 Å². The largest absolute Gasteiger partial charge is 0.306 e. The third kappa shape index (κ3) is 2.25. The van der Waals surface area contributed by atoms with Crippen LogP contribution in [-0.4, -0.2) is 30.8 Å². The number of piperidine rings is 1. The molecule has 2 aliphatic rings. The number of nitrogens with zero attached hydrogens (tertiary/aromatic N) is 1. The van der Waals surface area contributed by atoms with Crippen LogP contribution in [0.15, 0.2) is 29.8 Å². The van der Waals surface area contributed by atoms with Crippen LogP contribution in [0.5, 0.6) is 0 Å². The van der Waals surface area contributed by atoms with Gasteiger partial charge < -0.3 is 4.90 Å². The third-order valence-electron chi connectivity index (χ3n) is 4.59. The van der Waals surface area contributed by atoms with Crippen molar-refractivity contribution in [2.24, 2.45) is 0 Å². The van der Waals surface area contributed by atoms with Gasteiger partial charge in [-0.3, -0.25) is 4.79 Å². The van der Waals surface area contributed by atoms with E-state index in [-0.39, 0.29) is 5.78 Å². The second-order valence-corrected chi connectivity index (χ2v) is 5.87. The van der Waals surface area contributed by atoms with Gasteiger partial charge in [0.15, 0.2) is 5.78 Å². The van der Waals surface area contributed by atoms with Crippen molar-refractivity contribution in [1.29, 1.82) is 0 Å². The molecule has 3 rings (SSSR count). The van der Waals surface area contributed by atoms with Gasteiger partial charge in [-0.05, 0) is 68.9 Å². The van der Waals surface area contributed by atoms with Crippen molar-refractivity contribution in [3.05, 3.63) is 46.5 Å². The molecule has 1 aliphatic carbocycles. The minimum atomic E-state index is 0.219. The Kier molecular flexibility index (Phi) is 3.28. The fourth-order valence-electron chi connectivity index (χ4n) is 3.31. The molecule has 2 heteroatoms. The number of benzene rings is 1. The highest BCUT2D eigenvalue weighted by Crippen LogP contribution is 2.34. The van der Waals surface area contributed by atoms with Gasteiger partial charge in [0, 0.05) is 5.56 Å². The summed E-state index contributed by atoms with van der Waals surface area (Å²) in [4.78, 5) is 14.6. The van der Waals surface area contributed by atoms with Crippen LogP contribution in [0.3, 0.4) is 0 Å². The summed E-state index contributed by atoms with van der Waals surface area (Å²) in [6.45, 7) is 4.25. The summed E-state index contributed by atoms with van der Waals surface area (Å²) in [5, 5.41) is 0. The topological polar surface area (TPSA) is 20.3 Å². The zero-order valence-corrected chi connectivity index (χ0v) is 11.8. The lowest BCUT2D eigenvalue weighted by Gasteiger charge is -2.31. The molecule has 1 aromatic carbocycles. The van der Waals surface area contributed by atoms with E-state index in [0.717, 1.165) is 30.6 Å². The summed E-state index contributed by atoms with van der Waals surface area (Å²) in [5.41, 5.74) is 4.54. The first-order valence-corrected chi connectivity index (χ1v) is 7.18. The van der Waals surface area contributed by atoms with E-state index in [2.05, 4.69) is 30.2 Å². The molecule has 1 aromatic rings. The number of hydrogen-bond acceptors (Lipinski definition) is 2. The fraction of sp³-hybridized carbons (Fsp3) is 0.471. The van der Waals surface area contributed by atoms with Gasteiger partial charge >= 0.3 is 0 Å². The van der Waals surface area contributed by atoms with Gasteiger partial charge in [0.1, 0.15) is 0 Å². The Morgan fingerprint density at radius 1 is 1.21 bits per heavy atom. The van der Waals surface area contributed by atoms with Crippen molar-refractivity contribution >= 4 is 5.78 Å². The van der Waals surface area contributed by atoms with Crippen molar-refractivity contribution in [2.45, 2.75) is 32.1 Å². The molecule has 1 heterocycles. The van der Waals surface area contributed by atoms with E-state index in [0.29, 0.717) is 5.92 Å². The molecule has 0 amide bonds. The summed E-state index contributed by atoms with van der Waals surface area (Å²) in [6, 6.07) is 6.28. The van der Waals surface area contributed by atoms with Gasteiger partial charge in [-0.2, -0.15) is 0 Å². The first-order chi connectivity index (χ1) is 9.16. The number of Topliss-reactive ketones (excluding diaryl/α,β-unsaturated/α-hetero) is 1.